The molecule has 142 valence electrons. The van der Waals surface area contributed by atoms with Crippen molar-refractivity contribution in [2.24, 2.45) is 5.92 Å². The maximum absolute atomic E-state index is 6.07. The Morgan fingerprint density at radius 2 is 1.96 bits per heavy atom. The third-order valence-electron chi connectivity index (χ3n) is 4.74. The number of piperazine rings is 1. The second-order valence-electron chi connectivity index (χ2n) is 6.64. The molecule has 3 nitrogen and oxygen atoms in total. The Morgan fingerprint density at radius 1 is 1.23 bits per heavy atom. The quantitative estimate of drug-likeness (QED) is 0.599. The number of nitrogens with one attached hydrogen (secondary N) is 1. The molecule has 2 rings (SSSR count). The molecule has 0 aromatic heterocycles. The predicted octanol–water partition coefficient (Wildman–Crippen LogP) is 4.94. The minimum Gasteiger partial charge on any atom is -0.368 e. The van der Waals surface area contributed by atoms with Crippen molar-refractivity contribution in [3.05, 3.63) is 71.0 Å². The molecule has 1 aliphatic heterocycles. The number of allylic oxidation sites excluding steroid dienone is 2. The van der Waals surface area contributed by atoms with Crippen LogP contribution in [0.4, 0.5) is 0 Å². The van der Waals surface area contributed by atoms with Crippen LogP contribution in [0.3, 0.4) is 0 Å². The van der Waals surface area contributed by atoms with Gasteiger partial charge in [0.05, 0.1) is 15.9 Å². The lowest BCUT2D eigenvalue weighted by Crippen LogP contribution is -2.48. The van der Waals surface area contributed by atoms with Crippen molar-refractivity contribution in [3.63, 3.8) is 0 Å². The van der Waals surface area contributed by atoms with Crippen molar-refractivity contribution >= 4 is 23.2 Å². The highest BCUT2D eigenvalue weighted by atomic mass is 35.5. The lowest BCUT2D eigenvalue weighted by Gasteiger charge is -2.38. The SMILES string of the molecule is C=CC(C/C=C\C)CN1CCN(C(=C)NCc2ccc(Cl)c(Cl)c2)CC1. The lowest BCUT2D eigenvalue weighted by atomic mass is 10.0. The number of hydrogen-bond acceptors (Lipinski definition) is 3. The van der Waals surface area contributed by atoms with E-state index in [4.69, 9.17) is 23.2 Å². The molecule has 1 aromatic rings. The maximum atomic E-state index is 6.07. The number of nitrogens with zero attached hydrogens (tertiary/aromatic N) is 2. The van der Waals surface area contributed by atoms with Crippen LogP contribution < -0.4 is 5.32 Å². The molecular formula is C21H29Cl2N3. The number of rotatable bonds is 9. The smallest absolute Gasteiger partial charge is 0.0942 e. The third kappa shape index (κ3) is 6.39. The first kappa shape index (κ1) is 20.9. The van der Waals surface area contributed by atoms with E-state index in [-0.39, 0.29) is 0 Å². The largest absolute Gasteiger partial charge is 0.368 e. The Balaban J connectivity index is 1.75. The Hall–Kier alpha value is -1.42. The summed E-state index contributed by atoms with van der Waals surface area (Å²) >= 11 is 12.0. The normalized spacial score (nSPS) is 16.7. The maximum Gasteiger partial charge on any atom is 0.0942 e. The third-order valence-corrected chi connectivity index (χ3v) is 5.47. The molecule has 0 saturated carbocycles. The van der Waals surface area contributed by atoms with Gasteiger partial charge in [-0.25, -0.2) is 0 Å². The molecule has 1 heterocycles. The number of benzene rings is 1. The molecule has 1 saturated heterocycles. The van der Waals surface area contributed by atoms with Gasteiger partial charge >= 0.3 is 0 Å². The number of hydrogen-bond donors (Lipinski definition) is 1. The Kier molecular flexibility index (Phi) is 8.56. The molecule has 5 heteroatoms. The van der Waals surface area contributed by atoms with E-state index in [2.05, 4.69) is 53.4 Å². The van der Waals surface area contributed by atoms with Crippen molar-refractivity contribution < 1.29 is 0 Å². The van der Waals surface area contributed by atoms with Crippen molar-refractivity contribution in [1.29, 1.82) is 0 Å². The zero-order valence-electron chi connectivity index (χ0n) is 15.6. The van der Waals surface area contributed by atoms with E-state index in [1.165, 1.54) is 0 Å². The van der Waals surface area contributed by atoms with Gasteiger partial charge < -0.3 is 10.2 Å². The summed E-state index contributed by atoms with van der Waals surface area (Å²) in [6.07, 6.45) is 7.47. The number of halogens is 2. The summed E-state index contributed by atoms with van der Waals surface area (Å²) in [5.74, 6) is 1.48. The Labute approximate surface area is 168 Å². The highest BCUT2D eigenvalue weighted by Gasteiger charge is 2.19. The molecule has 1 atom stereocenters. The van der Waals surface area contributed by atoms with Crippen LogP contribution in [0.25, 0.3) is 0 Å². The summed E-state index contributed by atoms with van der Waals surface area (Å²) in [6.45, 7) is 16.1. The van der Waals surface area contributed by atoms with E-state index in [1.807, 2.05) is 18.2 Å². The molecule has 0 radical (unpaired) electrons. The van der Waals surface area contributed by atoms with Gasteiger partial charge in [-0.2, -0.15) is 0 Å². The van der Waals surface area contributed by atoms with E-state index in [1.54, 1.807) is 0 Å². The van der Waals surface area contributed by atoms with Gasteiger partial charge in [0.2, 0.25) is 0 Å². The van der Waals surface area contributed by atoms with E-state index in [9.17, 15) is 0 Å². The Bertz CT molecular complexity index is 634. The first-order valence-electron chi connectivity index (χ1n) is 9.11. The summed E-state index contributed by atoms with van der Waals surface area (Å²) in [7, 11) is 0. The van der Waals surface area contributed by atoms with Crippen molar-refractivity contribution in [2.45, 2.75) is 19.9 Å². The van der Waals surface area contributed by atoms with E-state index >= 15 is 0 Å². The minimum absolute atomic E-state index is 0.522. The zero-order valence-corrected chi connectivity index (χ0v) is 17.1. The Morgan fingerprint density at radius 3 is 2.58 bits per heavy atom. The highest BCUT2D eigenvalue weighted by Crippen LogP contribution is 2.22. The van der Waals surface area contributed by atoms with Gasteiger partial charge in [-0.1, -0.05) is 54.1 Å². The molecular weight excluding hydrogens is 365 g/mol. The fraction of sp³-hybridized carbons (Fsp3) is 0.429. The van der Waals surface area contributed by atoms with E-state index in [0.717, 1.165) is 50.5 Å². The highest BCUT2D eigenvalue weighted by molar-refractivity contribution is 6.42. The monoisotopic (exact) mass is 393 g/mol. The van der Waals surface area contributed by atoms with Gasteiger partial charge in [0.25, 0.3) is 0 Å². The lowest BCUT2D eigenvalue weighted by molar-refractivity contribution is 0.142. The van der Waals surface area contributed by atoms with Crippen LogP contribution in [0, 0.1) is 5.92 Å². The van der Waals surface area contributed by atoms with Gasteiger partial charge in [0.1, 0.15) is 0 Å². The molecule has 0 spiro atoms. The van der Waals surface area contributed by atoms with Gasteiger partial charge in [0.15, 0.2) is 0 Å². The van der Waals surface area contributed by atoms with Crippen LogP contribution in [0.1, 0.15) is 18.9 Å². The van der Waals surface area contributed by atoms with Crippen LogP contribution in [0.5, 0.6) is 0 Å². The minimum atomic E-state index is 0.522. The summed E-state index contributed by atoms with van der Waals surface area (Å²) in [6, 6.07) is 5.70. The van der Waals surface area contributed by atoms with Crippen molar-refractivity contribution in [1.82, 2.24) is 15.1 Å². The molecule has 1 N–H and O–H groups in total. The van der Waals surface area contributed by atoms with Crippen molar-refractivity contribution in [3.8, 4) is 0 Å². The van der Waals surface area contributed by atoms with Crippen LogP contribution in [0.2, 0.25) is 10.0 Å². The van der Waals surface area contributed by atoms with Crippen LogP contribution in [-0.4, -0.2) is 42.5 Å². The van der Waals surface area contributed by atoms with Gasteiger partial charge in [-0.05, 0) is 37.0 Å². The molecule has 1 unspecified atom stereocenters. The fourth-order valence-corrected chi connectivity index (χ4v) is 3.37. The van der Waals surface area contributed by atoms with E-state index < -0.39 is 0 Å². The van der Waals surface area contributed by atoms with Crippen LogP contribution >= 0.6 is 23.2 Å². The topological polar surface area (TPSA) is 18.5 Å². The average molecular weight is 394 g/mol. The first-order chi connectivity index (χ1) is 12.5. The predicted molar refractivity (Wildman–Crippen MR) is 114 cm³/mol. The average Bonchev–Trinajstić information content (AvgIpc) is 2.66. The van der Waals surface area contributed by atoms with E-state index in [0.29, 0.717) is 22.5 Å². The molecule has 0 aliphatic carbocycles. The zero-order chi connectivity index (χ0) is 18.9. The second-order valence-corrected chi connectivity index (χ2v) is 7.45. The summed E-state index contributed by atoms with van der Waals surface area (Å²) in [5, 5.41) is 4.56. The molecule has 1 fully saturated rings. The van der Waals surface area contributed by atoms with Gasteiger partial charge in [-0.3, -0.25) is 4.90 Å². The van der Waals surface area contributed by atoms with Gasteiger partial charge in [-0.15, -0.1) is 6.58 Å². The summed E-state index contributed by atoms with van der Waals surface area (Å²) < 4.78 is 0. The standard InChI is InChI=1S/C21H29Cl2N3/c1-4-6-7-18(5-2)16-25-10-12-26(13-11-25)17(3)24-15-19-8-9-20(22)21(23)14-19/h4-6,8-9,14,18,24H,2-3,7,10-13,15-16H2,1H3/b6-4-. The molecule has 26 heavy (non-hydrogen) atoms. The fourth-order valence-electron chi connectivity index (χ4n) is 3.05. The molecule has 0 amide bonds. The molecule has 0 bridgehead atoms. The molecule has 1 aliphatic rings. The van der Waals surface area contributed by atoms with Crippen molar-refractivity contribution in [2.75, 3.05) is 32.7 Å². The van der Waals surface area contributed by atoms with Crippen LogP contribution in [-0.2, 0) is 6.54 Å². The summed E-state index contributed by atoms with van der Waals surface area (Å²) in [4.78, 5) is 4.82. The first-order valence-corrected chi connectivity index (χ1v) is 9.86. The van der Waals surface area contributed by atoms with Gasteiger partial charge in [0, 0.05) is 39.3 Å². The second kappa shape index (κ2) is 10.7. The van der Waals surface area contributed by atoms with Crippen LogP contribution in [0.15, 0.2) is 55.4 Å². The molecule has 1 aromatic carbocycles. The summed E-state index contributed by atoms with van der Waals surface area (Å²) in [5.41, 5.74) is 1.09.